The molecular weight excluding hydrogens is 393 g/mol. The molecule has 144 valence electrons. The number of nitrogens with zero attached hydrogens (tertiary/aromatic N) is 2. The van der Waals surface area contributed by atoms with Crippen LogP contribution in [0.4, 0.5) is 4.39 Å². The van der Waals surface area contributed by atoms with E-state index in [4.69, 9.17) is 16.0 Å². The van der Waals surface area contributed by atoms with Crippen LogP contribution in [0.5, 0.6) is 0 Å². The largest absolute Gasteiger partial charge is 0.418 e. The number of carbonyl (C=O) groups is 1. The number of aromatic nitrogens is 2. The standard InChI is InChI=1S/C22H15ClFN3O2/c23-17-11-9-15(10-12-17)21-26-27-22(29-21)19(14-5-2-1-3-6-14)25-20(28)16-7-4-8-18(24)13-16/h1-13,19H,(H,25,28). The Balaban J connectivity index is 1.66. The lowest BCUT2D eigenvalue weighted by molar-refractivity contribution is 0.0937. The summed E-state index contributed by atoms with van der Waals surface area (Å²) >= 11 is 5.92. The molecule has 1 heterocycles. The van der Waals surface area contributed by atoms with Crippen LogP contribution in [-0.4, -0.2) is 16.1 Å². The molecule has 1 N–H and O–H groups in total. The van der Waals surface area contributed by atoms with Crippen LogP contribution >= 0.6 is 11.6 Å². The molecular formula is C22H15ClFN3O2. The molecule has 1 atom stereocenters. The van der Waals surface area contributed by atoms with E-state index in [9.17, 15) is 9.18 Å². The van der Waals surface area contributed by atoms with Crippen molar-refractivity contribution < 1.29 is 13.6 Å². The van der Waals surface area contributed by atoms with Gasteiger partial charge in [0.2, 0.25) is 11.8 Å². The highest BCUT2D eigenvalue weighted by atomic mass is 35.5. The molecule has 7 heteroatoms. The second-order valence-corrected chi connectivity index (χ2v) is 6.72. The fraction of sp³-hybridized carbons (Fsp3) is 0.0455. The fourth-order valence-corrected chi connectivity index (χ4v) is 2.96. The molecule has 0 aliphatic rings. The molecule has 0 radical (unpaired) electrons. The topological polar surface area (TPSA) is 68.0 Å². The van der Waals surface area contributed by atoms with Gasteiger partial charge in [0.05, 0.1) is 0 Å². The summed E-state index contributed by atoms with van der Waals surface area (Å²) in [6.07, 6.45) is 0. The number of hydrogen-bond acceptors (Lipinski definition) is 4. The third-order valence-corrected chi connectivity index (χ3v) is 4.53. The monoisotopic (exact) mass is 407 g/mol. The first kappa shape index (κ1) is 18.8. The van der Waals surface area contributed by atoms with Gasteiger partial charge >= 0.3 is 0 Å². The van der Waals surface area contributed by atoms with Crippen molar-refractivity contribution in [3.63, 3.8) is 0 Å². The lowest BCUT2D eigenvalue weighted by atomic mass is 10.1. The number of nitrogens with one attached hydrogen (secondary N) is 1. The molecule has 1 unspecified atom stereocenters. The molecule has 0 aliphatic heterocycles. The van der Waals surface area contributed by atoms with Gasteiger partial charge in [-0.25, -0.2) is 4.39 Å². The van der Waals surface area contributed by atoms with Crippen molar-refractivity contribution in [2.24, 2.45) is 0 Å². The zero-order valence-electron chi connectivity index (χ0n) is 15.0. The Bertz CT molecular complexity index is 1130. The molecule has 5 nitrogen and oxygen atoms in total. The van der Waals surface area contributed by atoms with Crippen LogP contribution < -0.4 is 5.32 Å². The Kier molecular flexibility index (Phi) is 5.35. The third-order valence-electron chi connectivity index (χ3n) is 4.27. The van der Waals surface area contributed by atoms with Crippen LogP contribution in [0.1, 0.15) is 27.9 Å². The average Bonchev–Trinajstić information content (AvgIpc) is 3.23. The smallest absolute Gasteiger partial charge is 0.252 e. The Morgan fingerprint density at radius 2 is 1.72 bits per heavy atom. The van der Waals surface area contributed by atoms with Gasteiger partial charge in [-0.2, -0.15) is 0 Å². The van der Waals surface area contributed by atoms with Crippen LogP contribution in [0, 0.1) is 5.82 Å². The summed E-state index contributed by atoms with van der Waals surface area (Å²) in [6, 6.07) is 21.0. The Morgan fingerprint density at radius 3 is 2.45 bits per heavy atom. The molecule has 0 aliphatic carbocycles. The lowest BCUT2D eigenvalue weighted by Gasteiger charge is -2.15. The molecule has 0 bridgehead atoms. The summed E-state index contributed by atoms with van der Waals surface area (Å²) < 4.78 is 19.3. The highest BCUT2D eigenvalue weighted by molar-refractivity contribution is 6.30. The number of carbonyl (C=O) groups excluding carboxylic acids is 1. The van der Waals surface area contributed by atoms with Crippen molar-refractivity contribution in [2.75, 3.05) is 0 Å². The summed E-state index contributed by atoms with van der Waals surface area (Å²) in [5, 5.41) is 11.6. The minimum atomic E-state index is -0.694. The van der Waals surface area contributed by atoms with E-state index in [0.717, 1.165) is 5.56 Å². The zero-order valence-corrected chi connectivity index (χ0v) is 15.8. The fourth-order valence-electron chi connectivity index (χ4n) is 2.84. The molecule has 4 rings (SSSR count). The van der Waals surface area contributed by atoms with E-state index in [-0.39, 0.29) is 11.5 Å². The van der Waals surface area contributed by atoms with E-state index in [1.165, 1.54) is 24.3 Å². The highest BCUT2D eigenvalue weighted by Gasteiger charge is 2.24. The maximum absolute atomic E-state index is 13.5. The van der Waals surface area contributed by atoms with Gasteiger partial charge in [-0.15, -0.1) is 10.2 Å². The van der Waals surface area contributed by atoms with Crippen molar-refractivity contribution in [1.82, 2.24) is 15.5 Å². The first-order chi connectivity index (χ1) is 14.1. The number of halogens is 2. The summed E-state index contributed by atoms with van der Waals surface area (Å²) in [5.74, 6) is -0.426. The van der Waals surface area contributed by atoms with E-state index in [2.05, 4.69) is 15.5 Å². The Morgan fingerprint density at radius 1 is 0.966 bits per heavy atom. The van der Waals surface area contributed by atoms with Gasteiger partial charge in [-0.1, -0.05) is 48.0 Å². The van der Waals surface area contributed by atoms with Gasteiger partial charge in [-0.05, 0) is 48.0 Å². The van der Waals surface area contributed by atoms with Crippen LogP contribution in [-0.2, 0) is 0 Å². The summed E-state index contributed by atoms with van der Waals surface area (Å²) in [7, 11) is 0. The first-order valence-corrected chi connectivity index (χ1v) is 9.18. The van der Waals surface area contributed by atoms with Crippen LogP contribution in [0.25, 0.3) is 11.5 Å². The van der Waals surface area contributed by atoms with Crippen LogP contribution in [0.15, 0.2) is 83.3 Å². The predicted molar refractivity (Wildman–Crippen MR) is 107 cm³/mol. The third kappa shape index (κ3) is 4.33. The lowest BCUT2D eigenvalue weighted by Crippen LogP contribution is -2.29. The second kappa shape index (κ2) is 8.24. The van der Waals surface area contributed by atoms with Gasteiger partial charge in [0.1, 0.15) is 11.9 Å². The van der Waals surface area contributed by atoms with Gasteiger partial charge in [0, 0.05) is 16.1 Å². The maximum atomic E-state index is 13.5. The number of hydrogen-bond donors (Lipinski definition) is 1. The number of amides is 1. The average molecular weight is 408 g/mol. The van der Waals surface area contributed by atoms with Gasteiger partial charge in [0.25, 0.3) is 5.91 Å². The molecule has 1 aromatic heterocycles. The Labute approximate surface area is 171 Å². The zero-order chi connectivity index (χ0) is 20.2. The summed E-state index contributed by atoms with van der Waals surface area (Å²) in [5.41, 5.74) is 1.66. The SMILES string of the molecule is O=C(NC(c1ccccc1)c1nnc(-c2ccc(Cl)cc2)o1)c1cccc(F)c1. The highest BCUT2D eigenvalue weighted by Crippen LogP contribution is 2.26. The van der Waals surface area contributed by atoms with Crippen molar-refractivity contribution in [2.45, 2.75) is 6.04 Å². The molecule has 0 saturated heterocycles. The van der Waals surface area contributed by atoms with Crippen molar-refractivity contribution >= 4 is 17.5 Å². The van der Waals surface area contributed by atoms with Crippen molar-refractivity contribution in [3.8, 4) is 11.5 Å². The van der Waals surface area contributed by atoms with Crippen molar-refractivity contribution in [1.29, 1.82) is 0 Å². The maximum Gasteiger partial charge on any atom is 0.252 e. The number of benzene rings is 3. The molecule has 3 aromatic carbocycles. The predicted octanol–water partition coefficient (Wildman–Crippen LogP) is 5.05. The quantitative estimate of drug-likeness (QED) is 0.502. The van der Waals surface area contributed by atoms with E-state index in [1.807, 2.05) is 30.3 Å². The molecule has 0 saturated carbocycles. The van der Waals surface area contributed by atoms with Crippen LogP contribution in [0.3, 0.4) is 0 Å². The molecule has 0 fully saturated rings. The minimum Gasteiger partial charge on any atom is -0.418 e. The molecule has 4 aromatic rings. The molecule has 0 spiro atoms. The first-order valence-electron chi connectivity index (χ1n) is 8.81. The summed E-state index contributed by atoms with van der Waals surface area (Å²) in [4.78, 5) is 12.7. The van der Waals surface area contributed by atoms with Gasteiger partial charge < -0.3 is 9.73 Å². The molecule has 1 amide bonds. The summed E-state index contributed by atoms with van der Waals surface area (Å²) in [6.45, 7) is 0. The van der Waals surface area contributed by atoms with Gasteiger partial charge in [-0.3, -0.25) is 4.79 Å². The van der Waals surface area contributed by atoms with Crippen LogP contribution in [0.2, 0.25) is 5.02 Å². The normalized spacial score (nSPS) is 11.8. The second-order valence-electron chi connectivity index (χ2n) is 6.28. The van der Waals surface area contributed by atoms with E-state index in [1.54, 1.807) is 24.3 Å². The van der Waals surface area contributed by atoms with Gasteiger partial charge in [0.15, 0.2) is 0 Å². The molecule has 29 heavy (non-hydrogen) atoms. The van der Waals surface area contributed by atoms with Crippen molar-refractivity contribution in [3.05, 3.63) is 107 Å². The van der Waals surface area contributed by atoms with E-state index in [0.29, 0.717) is 16.5 Å². The number of rotatable bonds is 5. The minimum absolute atomic E-state index is 0.198. The Hall–Kier alpha value is -3.51. The van der Waals surface area contributed by atoms with E-state index < -0.39 is 17.8 Å². The van der Waals surface area contributed by atoms with E-state index >= 15 is 0 Å².